The minimum absolute atomic E-state index is 0.00694. The highest BCUT2D eigenvalue weighted by Crippen LogP contribution is 2.40. The lowest BCUT2D eigenvalue weighted by atomic mass is 9.77. The summed E-state index contributed by atoms with van der Waals surface area (Å²) in [4.78, 5) is 55.4. The molecule has 5 N–H and O–H groups in total. The molecule has 1 aliphatic heterocycles. The van der Waals surface area contributed by atoms with E-state index in [0.29, 0.717) is 17.6 Å². The van der Waals surface area contributed by atoms with Crippen LogP contribution in [0.15, 0.2) is 12.3 Å². The molecule has 1 amide bonds. The van der Waals surface area contributed by atoms with Crippen molar-refractivity contribution in [3.8, 4) is 0 Å². The van der Waals surface area contributed by atoms with Crippen LogP contribution in [-0.2, 0) is 28.7 Å². The number of carboxylic acids is 3. The van der Waals surface area contributed by atoms with Gasteiger partial charge >= 0.3 is 23.9 Å². The SMILES string of the molecule is C=C1OC(=O)C(C(C)C)C1C(C)C.CC(C)C(C(=O)O)C(C(=O)O)C(C)C.CC(C)C(C(N)=O)C(C(=O)O)C(C)C.CC(C)CCC(C)C. The molecule has 6 unspecified atom stereocenters. The van der Waals surface area contributed by atoms with Gasteiger partial charge in [-0.1, -0.05) is 130 Å². The van der Waals surface area contributed by atoms with Gasteiger partial charge in [0.1, 0.15) is 5.76 Å². The van der Waals surface area contributed by atoms with E-state index in [4.69, 9.17) is 25.8 Å². The second kappa shape index (κ2) is 24.3. The number of rotatable bonds is 15. The predicted octanol–water partition coefficient (Wildman–Crippen LogP) is 8.48. The Hall–Kier alpha value is -2.91. The second-order valence-corrected chi connectivity index (χ2v) is 16.3. The van der Waals surface area contributed by atoms with E-state index in [1.165, 1.54) is 12.8 Å². The van der Waals surface area contributed by atoms with Crippen molar-refractivity contribution in [2.75, 3.05) is 0 Å². The van der Waals surface area contributed by atoms with Gasteiger partial charge in [0, 0.05) is 5.92 Å². The maximum absolute atomic E-state index is 11.5. The van der Waals surface area contributed by atoms with Gasteiger partial charge in [-0.05, 0) is 47.3 Å². The Morgan fingerprint density at radius 3 is 0.980 bits per heavy atom. The van der Waals surface area contributed by atoms with Gasteiger partial charge in [-0.25, -0.2) is 0 Å². The molecule has 1 saturated heterocycles. The molecule has 0 spiro atoms. The Morgan fingerprint density at radius 1 is 0.571 bits per heavy atom. The highest BCUT2D eigenvalue weighted by atomic mass is 16.5. The number of esters is 1. The van der Waals surface area contributed by atoms with E-state index < -0.39 is 47.5 Å². The summed E-state index contributed by atoms with van der Waals surface area (Å²) in [6.07, 6.45) is 2.77. The standard InChI is InChI=1S/C11H18O2.C10H19NO3.C10H18O4.C8H18/c1-6(2)9-8(5)13-11(12)10(9)7(3)4;2*1-5(2)7(9(11)12)8(6(3)4)10(13)14;1-7(2)5-6-8(3)4/h6-7,9-10H,5H2,1-4H3;5-8H,1-4H3,(H2,11,12)(H,13,14);5-8H,1-4H3,(H,11,12)(H,13,14);7-8H,5-6H2,1-4H3. The van der Waals surface area contributed by atoms with Gasteiger partial charge in [0.05, 0.1) is 29.6 Å². The number of amides is 1. The van der Waals surface area contributed by atoms with E-state index in [1.807, 2.05) is 13.8 Å². The molecule has 1 aliphatic rings. The van der Waals surface area contributed by atoms with E-state index in [2.05, 4.69) is 62.0 Å². The first-order chi connectivity index (χ1) is 22.1. The van der Waals surface area contributed by atoms with Gasteiger partial charge in [-0.3, -0.25) is 24.0 Å². The molecule has 1 fully saturated rings. The van der Waals surface area contributed by atoms with Crippen molar-refractivity contribution in [2.24, 2.45) is 88.6 Å². The van der Waals surface area contributed by atoms with Crippen molar-refractivity contribution in [2.45, 2.75) is 124 Å². The van der Waals surface area contributed by atoms with Gasteiger partial charge in [-0.15, -0.1) is 0 Å². The molecule has 0 bridgehead atoms. The number of cyclic esters (lactones) is 1. The summed E-state index contributed by atoms with van der Waals surface area (Å²) < 4.78 is 5.08. The van der Waals surface area contributed by atoms with Crippen LogP contribution in [0.3, 0.4) is 0 Å². The van der Waals surface area contributed by atoms with Crippen molar-refractivity contribution in [3.05, 3.63) is 12.3 Å². The van der Waals surface area contributed by atoms with Crippen molar-refractivity contribution in [1.82, 2.24) is 0 Å². The number of carbonyl (C=O) groups is 5. The highest BCUT2D eigenvalue weighted by molar-refractivity contribution is 5.84. The summed E-state index contributed by atoms with van der Waals surface area (Å²) in [6, 6.07) is 0. The monoisotopic (exact) mass is 700 g/mol. The van der Waals surface area contributed by atoms with Crippen molar-refractivity contribution < 1.29 is 44.0 Å². The molecule has 10 heteroatoms. The summed E-state index contributed by atoms with van der Waals surface area (Å²) in [5.74, 6) is -3.62. The minimum Gasteiger partial charge on any atom is -0.481 e. The summed E-state index contributed by atoms with van der Waals surface area (Å²) in [7, 11) is 0. The zero-order valence-corrected chi connectivity index (χ0v) is 33.6. The lowest BCUT2D eigenvalue weighted by molar-refractivity contribution is -0.157. The fourth-order valence-corrected chi connectivity index (χ4v) is 6.23. The number of carbonyl (C=O) groups excluding carboxylic acids is 2. The molecule has 1 rings (SSSR count). The van der Waals surface area contributed by atoms with Crippen LogP contribution in [0.25, 0.3) is 0 Å². The number of nitrogens with two attached hydrogens (primary N) is 1. The molecule has 0 aromatic carbocycles. The Morgan fingerprint density at radius 2 is 0.837 bits per heavy atom. The minimum atomic E-state index is -1.03. The summed E-state index contributed by atoms with van der Waals surface area (Å²) in [6.45, 7) is 35.4. The number of carboxylic acid groups (broad SMARTS) is 3. The normalized spacial score (nSPS) is 18.4. The Labute approximate surface area is 298 Å². The average Bonchev–Trinajstić information content (AvgIpc) is 3.22. The molecule has 0 saturated carbocycles. The first kappa shape index (κ1) is 50.5. The van der Waals surface area contributed by atoms with Crippen LogP contribution in [0.2, 0.25) is 0 Å². The third-order valence-electron chi connectivity index (χ3n) is 8.85. The van der Waals surface area contributed by atoms with Gasteiger partial charge in [-0.2, -0.15) is 0 Å². The quantitative estimate of drug-likeness (QED) is 0.122. The van der Waals surface area contributed by atoms with Crippen LogP contribution in [0, 0.1) is 82.9 Å². The van der Waals surface area contributed by atoms with Crippen molar-refractivity contribution in [1.29, 1.82) is 0 Å². The van der Waals surface area contributed by atoms with Gasteiger partial charge in [0.25, 0.3) is 0 Å². The predicted molar refractivity (Wildman–Crippen MR) is 196 cm³/mol. The number of aliphatic carboxylic acids is 3. The van der Waals surface area contributed by atoms with Gasteiger partial charge in [0.2, 0.25) is 5.91 Å². The zero-order valence-electron chi connectivity index (χ0n) is 33.6. The Balaban J connectivity index is -0.000000586. The Kier molecular flexibility index (Phi) is 25.0. The van der Waals surface area contributed by atoms with Crippen LogP contribution < -0.4 is 5.73 Å². The summed E-state index contributed by atoms with van der Waals surface area (Å²) >= 11 is 0. The first-order valence-electron chi connectivity index (χ1n) is 18.0. The number of ether oxygens (including phenoxy) is 1. The fourth-order valence-electron chi connectivity index (χ4n) is 6.23. The smallest absolute Gasteiger partial charge is 0.315 e. The van der Waals surface area contributed by atoms with E-state index in [9.17, 15) is 24.0 Å². The fraction of sp³-hybridized carbons (Fsp3) is 0.821. The first-order valence-corrected chi connectivity index (χ1v) is 18.0. The van der Waals surface area contributed by atoms with Gasteiger partial charge in [0.15, 0.2) is 0 Å². The summed E-state index contributed by atoms with van der Waals surface area (Å²) in [5, 5.41) is 26.9. The maximum Gasteiger partial charge on any atom is 0.315 e. The van der Waals surface area contributed by atoms with Crippen LogP contribution in [0.4, 0.5) is 0 Å². The zero-order chi connectivity index (χ0) is 39.7. The molecule has 0 radical (unpaired) electrons. The molecule has 10 nitrogen and oxygen atoms in total. The number of hydrogen-bond acceptors (Lipinski definition) is 6. The molecule has 0 aromatic rings. The van der Waals surface area contributed by atoms with Crippen molar-refractivity contribution >= 4 is 29.8 Å². The topological polar surface area (TPSA) is 181 Å². The molecular weight excluding hydrogens is 626 g/mol. The lowest BCUT2D eigenvalue weighted by Crippen LogP contribution is -2.40. The summed E-state index contributed by atoms with van der Waals surface area (Å²) in [5.41, 5.74) is 5.21. The Bertz CT molecular complexity index is 900. The number of primary amides is 1. The van der Waals surface area contributed by atoms with Crippen LogP contribution in [0.5, 0.6) is 0 Å². The number of hydrogen-bond donors (Lipinski definition) is 4. The molecule has 288 valence electrons. The van der Waals surface area contributed by atoms with E-state index >= 15 is 0 Å². The highest BCUT2D eigenvalue weighted by Gasteiger charge is 2.43. The maximum atomic E-state index is 11.5. The third-order valence-corrected chi connectivity index (χ3v) is 8.85. The van der Waals surface area contributed by atoms with Crippen LogP contribution in [-0.4, -0.2) is 45.1 Å². The second-order valence-electron chi connectivity index (χ2n) is 16.3. The third kappa shape index (κ3) is 19.2. The van der Waals surface area contributed by atoms with E-state index in [-0.39, 0.29) is 41.5 Å². The molecule has 0 aliphatic carbocycles. The van der Waals surface area contributed by atoms with Gasteiger partial charge < -0.3 is 25.8 Å². The molecular formula is C39H73NO9. The molecule has 1 heterocycles. The molecule has 0 aromatic heterocycles. The number of allylic oxidation sites excluding steroid dienone is 1. The van der Waals surface area contributed by atoms with Crippen LogP contribution >= 0.6 is 0 Å². The van der Waals surface area contributed by atoms with Crippen LogP contribution in [0.1, 0.15) is 124 Å². The van der Waals surface area contributed by atoms with E-state index in [1.54, 1.807) is 41.5 Å². The largest absolute Gasteiger partial charge is 0.481 e. The molecule has 6 atom stereocenters. The molecule has 49 heavy (non-hydrogen) atoms. The van der Waals surface area contributed by atoms with Crippen molar-refractivity contribution in [3.63, 3.8) is 0 Å². The average molecular weight is 700 g/mol. The lowest BCUT2D eigenvalue weighted by Gasteiger charge is -2.27. The van der Waals surface area contributed by atoms with E-state index in [0.717, 1.165) is 11.8 Å².